The highest BCUT2D eigenvalue weighted by molar-refractivity contribution is 5.95. The number of piperidine rings is 1. The predicted octanol–water partition coefficient (Wildman–Crippen LogP) is 2.38. The molecule has 1 saturated heterocycles. The van der Waals surface area contributed by atoms with Gasteiger partial charge in [-0.2, -0.15) is 0 Å². The molecule has 18 heavy (non-hydrogen) atoms. The predicted molar refractivity (Wildman–Crippen MR) is 64.6 cm³/mol. The zero-order valence-corrected chi connectivity index (χ0v) is 10.4. The minimum atomic E-state index is -1.08. The number of carbonyl (C=O) groups excluding carboxylic acids is 1. The molecule has 1 aliphatic rings. The molecule has 5 heteroatoms. The van der Waals surface area contributed by atoms with Gasteiger partial charge in [0.15, 0.2) is 5.76 Å². The first-order valence-corrected chi connectivity index (χ1v) is 6.26. The third-order valence-corrected chi connectivity index (χ3v) is 3.42. The average Bonchev–Trinajstić information content (AvgIpc) is 2.87. The molecule has 1 atom stereocenters. The van der Waals surface area contributed by atoms with Crippen LogP contribution in [0.2, 0.25) is 0 Å². The van der Waals surface area contributed by atoms with Crippen molar-refractivity contribution in [2.75, 3.05) is 6.54 Å². The maximum atomic E-state index is 12.2. The molecule has 0 bridgehead atoms. The van der Waals surface area contributed by atoms with Gasteiger partial charge in [0.25, 0.3) is 5.91 Å². The first kappa shape index (κ1) is 12.7. The molecule has 0 spiro atoms. The topological polar surface area (TPSA) is 70.8 Å². The third-order valence-electron chi connectivity index (χ3n) is 3.42. The summed E-state index contributed by atoms with van der Waals surface area (Å²) < 4.78 is 5.06. The van der Waals surface area contributed by atoms with Crippen LogP contribution in [0.1, 0.15) is 53.5 Å². The second-order valence-corrected chi connectivity index (χ2v) is 4.56. The van der Waals surface area contributed by atoms with Crippen molar-refractivity contribution >= 4 is 11.9 Å². The molecule has 5 nitrogen and oxygen atoms in total. The van der Waals surface area contributed by atoms with Crippen LogP contribution in [0.25, 0.3) is 0 Å². The third kappa shape index (κ3) is 2.39. The summed E-state index contributed by atoms with van der Waals surface area (Å²) in [7, 11) is 0. The van der Waals surface area contributed by atoms with Gasteiger partial charge in [-0.15, -0.1) is 0 Å². The number of rotatable bonds is 3. The molecule has 1 aromatic heterocycles. The summed E-state index contributed by atoms with van der Waals surface area (Å²) in [6.45, 7) is 2.78. The van der Waals surface area contributed by atoms with E-state index >= 15 is 0 Å². The summed E-state index contributed by atoms with van der Waals surface area (Å²) in [5, 5.41) is 8.80. The van der Waals surface area contributed by atoms with Crippen LogP contribution in [0.3, 0.4) is 0 Å². The van der Waals surface area contributed by atoms with Crippen molar-refractivity contribution in [1.82, 2.24) is 4.90 Å². The Balaban J connectivity index is 2.15. The van der Waals surface area contributed by atoms with Gasteiger partial charge in [0.05, 0.1) is 5.56 Å². The summed E-state index contributed by atoms with van der Waals surface area (Å²) in [5.41, 5.74) is 0.0170. The van der Waals surface area contributed by atoms with Crippen LogP contribution in [0.5, 0.6) is 0 Å². The zero-order valence-electron chi connectivity index (χ0n) is 10.4. The number of hydrogen-bond acceptors (Lipinski definition) is 3. The van der Waals surface area contributed by atoms with E-state index in [4.69, 9.17) is 9.52 Å². The van der Waals surface area contributed by atoms with E-state index in [1.54, 1.807) is 4.90 Å². The molecule has 1 unspecified atom stereocenters. The zero-order chi connectivity index (χ0) is 13.1. The smallest absolute Gasteiger partial charge is 0.338 e. The number of aromatic carboxylic acids is 1. The average molecular weight is 251 g/mol. The number of furan rings is 1. The normalized spacial score (nSPS) is 19.8. The highest BCUT2D eigenvalue weighted by Gasteiger charge is 2.28. The van der Waals surface area contributed by atoms with Crippen molar-refractivity contribution < 1.29 is 19.1 Å². The molecule has 2 rings (SSSR count). The highest BCUT2D eigenvalue weighted by Crippen LogP contribution is 2.22. The van der Waals surface area contributed by atoms with Gasteiger partial charge in [-0.3, -0.25) is 4.79 Å². The van der Waals surface area contributed by atoms with Gasteiger partial charge in [0.1, 0.15) is 6.26 Å². The lowest BCUT2D eigenvalue weighted by molar-refractivity contribution is 0.0575. The van der Waals surface area contributed by atoms with Crippen LogP contribution in [-0.4, -0.2) is 34.5 Å². The van der Waals surface area contributed by atoms with Gasteiger partial charge in [0.2, 0.25) is 0 Å². The first-order chi connectivity index (χ1) is 8.63. The second kappa shape index (κ2) is 5.25. The fourth-order valence-electron chi connectivity index (χ4n) is 2.39. The van der Waals surface area contributed by atoms with E-state index in [2.05, 4.69) is 6.92 Å². The molecule has 1 fully saturated rings. The Morgan fingerprint density at radius 3 is 2.89 bits per heavy atom. The molecular formula is C13H17NO4. The summed E-state index contributed by atoms with van der Waals surface area (Å²) in [6, 6.07) is 1.54. The molecule has 1 aromatic rings. The van der Waals surface area contributed by atoms with Crippen LogP contribution in [-0.2, 0) is 0 Å². The lowest BCUT2D eigenvalue weighted by atomic mass is 10.00. The largest absolute Gasteiger partial charge is 0.478 e. The van der Waals surface area contributed by atoms with Crippen LogP contribution in [0.4, 0.5) is 0 Å². The Labute approximate surface area is 105 Å². The van der Waals surface area contributed by atoms with Crippen molar-refractivity contribution in [3.63, 3.8) is 0 Å². The molecule has 0 saturated carbocycles. The Kier molecular flexibility index (Phi) is 3.69. The van der Waals surface area contributed by atoms with E-state index in [0.29, 0.717) is 0 Å². The summed E-state index contributed by atoms with van der Waals surface area (Å²) >= 11 is 0. The van der Waals surface area contributed by atoms with Crippen LogP contribution in [0, 0.1) is 0 Å². The molecule has 0 aromatic carbocycles. The molecule has 1 N–H and O–H groups in total. The molecule has 98 valence electrons. The minimum absolute atomic E-state index is 0.0170. The number of carboxylic acids is 1. The van der Waals surface area contributed by atoms with Gasteiger partial charge >= 0.3 is 5.97 Å². The van der Waals surface area contributed by atoms with Crippen molar-refractivity contribution in [2.24, 2.45) is 0 Å². The van der Waals surface area contributed by atoms with Crippen LogP contribution < -0.4 is 0 Å². The standard InChI is InChI=1S/C13H17NO4/c1-2-10-5-3-4-6-14(10)12(15)11-7-9(8-18-11)13(16)17/h7-8,10H,2-6H2,1H3,(H,16,17). The summed E-state index contributed by atoms with van der Waals surface area (Å²) in [6.07, 6.45) is 5.17. The number of carboxylic acid groups (broad SMARTS) is 1. The van der Waals surface area contributed by atoms with Crippen LogP contribution >= 0.6 is 0 Å². The fourth-order valence-corrected chi connectivity index (χ4v) is 2.39. The summed E-state index contributed by atoms with van der Waals surface area (Å²) in [4.78, 5) is 24.8. The Morgan fingerprint density at radius 1 is 1.50 bits per heavy atom. The quantitative estimate of drug-likeness (QED) is 0.895. The molecule has 1 amide bonds. The summed E-state index contributed by atoms with van der Waals surface area (Å²) in [5.74, 6) is -1.16. The lowest BCUT2D eigenvalue weighted by Gasteiger charge is -2.34. The molecule has 0 aliphatic carbocycles. The van der Waals surface area contributed by atoms with Crippen molar-refractivity contribution in [3.05, 3.63) is 23.7 Å². The fraction of sp³-hybridized carbons (Fsp3) is 0.538. The van der Waals surface area contributed by atoms with E-state index < -0.39 is 5.97 Å². The lowest BCUT2D eigenvalue weighted by Crippen LogP contribution is -2.43. The van der Waals surface area contributed by atoms with Gasteiger partial charge in [-0.05, 0) is 25.7 Å². The number of likely N-dealkylation sites (tertiary alicyclic amines) is 1. The van der Waals surface area contributed by atoms with Gasteiger partial charge in [-0.25, -0.2) is 4.79 Å². The van der Waals surface area contributed by atoms with E-state index in [-0.39, 0.29) is 23.3 Å². The Morgan fingerprint density at radius 2 is 2.28 bits per heavy atom. The molecular weight excluding hydrogens is 234 g/mol. The van der Waals surface area contributed by atoms with Gasteiger partial charge in [0, 0.05) is 18.7 Å². The highest BCUT2D eigenvalue weighted by atomic mass is 16.4. The van der Waals surface area contributed by atoms with Gasteiger partial charge in [-0.1, -0.05) is 6.92 Å². The van der Waals surface area contributed by atoms with E-state index in [0.717, 1.165) is 38.5 Å². The first-order valence-electron chi connectivity index (χ1n) is 6.26. The molecule has 1 aliphatic heterocycles. The van der Waals surface area contributed by atoms with Crippen LogP contribution in [0.15, 0.2) is 16.7 Å². The Bertz CT molecular complexity index is 452. The number of carbonyl (C=O) groups is 2. The minimum Gasteiger partial charge on any atom is -0.478 e. The second-order valence-electron chi connectivity index (χ2n) is 4.56. The number of hydrogen-bond donors (Lipinski definition) is 1. The number of nitrogens with zero attached hydrogens (tertiary/aromatic N) is 1. The maximum Gasteiger partial charge on any atom is 0.338 e. The van der Waals surface area contributed by atoms with E-state index in [1.807, 2.05) is 0 Å². The van der Waals surface area contributed by atoms with Crippen molar-refractivity contribution in [3.8, 4) is 0 Å². The van der Waals surface area contributed by atoms with Crippen molar-refractivity contribution in [2.45, 2.75) is 38.6 Å². The molecule has 0 radical (unpaired) electrons. The van der Waals surface area contributed by atoms with E-state index in [9.17, 15) is 9.59 Å². The van der Waals surface area contributed by atoms with E-state index in [1.165, 1.54) is 6.07 Å². The monoisotopic (exact) mass is 251 g/mol. The molecule has 2 heterocycles. The number of amides is 1. The Hall–Kier alpha value is -1.78. The maximum absolute atomic E-state index is 12.2. The van der Waals surface area contributed by atoms with Crippen molar-refractivity contribution in [1.29, 1.82) is 0 Å². The van der Waals surface area contributed by atoms with Gasteiger partial charge < -0.3 is 14.4 Å². The SMILES string of the molecule is CCC1CCCCN1C(=O)c1cc(C(=O)O)co1.